The molecule has 1 heterocycles. The number of nitrogens with zero attached hydrogens (tertiary/aromatic N) is 2. The highest BCUT2D eigenvalue weighted by Gasteiger charge is 2.16. The highest BCUT2D eigenvalue weighted by Crippen LogP contribution is 2.32. The van der Waals surface area contributed by atoms with Gasteiger partial charge in [0.2, 0.25) is 0 Å². The van der Waals surface area contributed by atoms with Crippen molar-refractivity contribution < 1.29 is 4.92 Å². The van der Waals surface area contributed by atoms with Gasteiger partial charge in [0.1, 0.15) is 5.01 Å². The number of hydrogen-bond acceptors (Lipinski definition) is 5. The molecular weight excluding hydrogens is 238 g/mol. The van der Waals surface area contributed by atoms with E-state index in [4.69, 9.17) is 0 Å². The zero-order chi connectivity index (χ0) is 12.3. The second-order valence-electron chi connectivity index (χ2n) is 3.44. The number of para-hydroxylation sites is 1. The van der Waals surface area contributed by atoms with E-state index >= 15 is 0 Å². The quantitative estimate of drug-likeness (QED) is 0.667. The van der Waals surface area contributed by atoms with Crippen LogP contribution in [0, 0.1) is 10.1 Å². The molecule has 2 aromatic rings. The third-order valence-electron chi connectivity index (χ3n) is 2.24. The maximum Gasteiger partial charge on any atom is 0.279 e. The van der Waals surface area contributed by atoms with Crippen molar-refractivity contribution in [1.29, 1.82) is 0 Å². The van der Waals surface area contributed by atoms with E-state index in [2.05, 4.69) is 10.3 Å². The lowest BCUT2D eigenvalue weighted by Gasteiger charge is -1.97. The summed E-state index contributed by atoms with van der Waals surface area (Å²) < 4.78 is 0. The lowest BCUT2D eigenvalue weighted by Crippen LogP contribution is -2.02. The van der Waals surface area contributed by atoms with Crippen LogP contribution in [0.1, 0.15) is 4.88 Å². The summed E-state index contributed by atoms with van der Waals surface area (Å²) in [6, 6.07) is 6.65. The number of aromatic nitrogens is 1. The van der Waals surface area contributed by atoms with E-state index in [-0.39, 0.29) is 10.6 Å². The highest BCUT2D eigenvalue weighted by molar-refractivity contribution is 7.15. The molecule has 0 saturated carbocycles. The molecule has 0 radical (unpaired) electrons. The zero-order valence-electron chi connectivity index (χ0n) is 9.21. The molecule has 88 valence electrons. The maximum absolute atomic E-state index is 10.9. The maximum atomic E-state index is 10.9. The topological polar surface area (TPSA) is 68.1 Å². The van der Waals surface area contributed by atoms with Gasteiger partial charge in [0, 0.05) is 23.7 Å². The second kappa shape index (κ2) is 5.03. The van der Waals surface area contributed by atoms with Gasteiger partial charge in [-0.25, -0.2) is 4.98 Å². The Hall–Kier alpha value is -1.79. The zero-order valence-corrected chi connectivity index (χ0v) is 10.0. The fourth-order valence-corrected chi connectivity index (χ4v) is 2.46. The SMILES string of the molecule is CNCc1cnc(-c2ccccc2[N+](=O)[O-])s1. The summed E-state index contributed by atoms with van der Waals surface area (Å²) in [6.45, 7) is 0.721. The molecule has 1 aromatic carbocycles. The van der Waals surface area contributed by atoms with Gasteiger partial charge in [-0.2, -0.15) is 0 Å². The number of benzene rings is 1. The van der Waals surface area contributed by atoms with Crippen LogP contribution in [0.5, 0.6) is 0 Å². The van der Waals surface area contributed by atoms with Crippen LogP contribution in [0.15, 0.2) is 30.5 Å². The monoisotopic (exact) mass is 249 g/mol. The molecule has 1 N–H and O–H groups in total. The van der Waals surface area contributed by atoms with Gasteiger partial charge in [0.05, 0.1) is 10.5 Å². The van der Waals surface area contributed by atoms with Gasteiger partial charge >= 0.3 is 0 Å². The van der Waals surface area contributed by atoms with Crippen molar-refractivity contribution in [2.75, 3.05) is 7.05 Å². The number of nitro groups is 1. The van der Waals surface area contributed by atoms with Crippen LogP contribution in [-0.4, -0.2) is 17.0 Å². The smallest absolute Gasteiger partial charge is 0.279 e. The predicted molar refractivity (Wildman–Crippen MR) is 67.0 cm³/mol. The molecule has 0 spiro atoms. The molecule has 0 atom stereocenters. The number of hydrogen-bond donors (Lipinski definition) is 1. The third kappa shape index (κ3) is 2.48. The molecule has 0 bridgehead atoms. The highest BCUT2D eigenvalue weighted by atomic mass is 32.1. The number of rotatable bonds is 4. The summed E-state index contributed by atoms with van der Waals surface area (Å²) in [7, 11) is 1.85. The van der Waals surface area contributed by atoms with Crippen LogP contribution < -0.4 is 5.32 Å². The normalized spacial score (nSPS) is 10.4. The Morgan fingerprint density at radius 2 is 2.24 bits per heavy atom. The number of thiazole rings is 1. The summed E-state index contributed by atoms with van der Waals surface area (Å²) >= 11 is 1.46. The van der Waals surface area contributed by atoms with Crippen LogP contribution in [0.3, 0.4) is 0 Å². The van der Waals surface area contributed by atoms with Gasteiger partial charge < -0.3 is 5.32 Å². The summed E-state index contributed by atoms with van der Waals surface area (Å²) in [6.07, 6.45) is 1.74. The molecule has 0 saturated heterocycles. The molecule has 0 aliphatic heterocycles. The molecule has 5 nitrogen and oxygen atoms in total. The Bertz CT molecular complexity index is 539. The van der Waals surface area contributed by atoms with E-state index in [1.165, 1.54) is 17.4 Å². The average Bonchev–Trinajstić information content (AvgIpc) is 2.78. The van der Waals surface area contributed by atoms with Gasteiger partial charge in [0.25, 0.3) is 5.69 Å². The van der Waals surface area contributed by atoms with Crippen molar-refractivity contribution in [1.82, 2.24) is 10.3 Å². The molecule has 0 aliphatic rings. The van der Waals surface area contributed by atoms with Gasteiger partial charge in [-0.1, -0.05) is 12.1 Å². The van der Waals surface area contributed by atoms with Crippen LogP contribution in [0.4, 0.5) is 5.69 Å². The van der Waals surface area contributed by atoms with Gasteiger partial charge in [-0.3, -0.25) is 10.1 Å². The Morgan fingerprint density at radius 1 is 1.47 bits per heavy atom. The minimum atomic E-state index is -0.380. The molecular formula is C11H11N3O2S. The first-order chi connectivity index (χ1) is 8.22. The molecule has 17 heavy (non-hydrogen) atoms. The van der Waals surface area contributed by atoms with Gasteiger partial charge in [-0.15, -0.1) is 11.3 Å². The summed E-state index contributed by atoms with van der Waals surface area (Å²) in [5.74, 6) is 0. The first-order valence-corrected chi connectivity index (χ1v) is 5.87. The van der Waals surface area contributed by atoms with Crippen molar-refractivity contribution >= 4 is 17.0 Å². The van der Waals surface area contributed by atoms with E-state index in [1.54, 1.807) is 24.4 Å². The van der Waals surface area contributed by atoms with Crippen LogP contribution >= 0.6 is 11.3 Å². The standard InChI is InChI=1S/C11H11N3O2S/c1-12-6-8-7-13-11(17-8)9-4-2-3-5-10(9)14(15)16/h2-5,7,12H,6H2,1H3. The van der Waals surface area contributed by atoms with Crippen LogP contribution in [-0.2, 0) is 6.54 Å². The second-order valence-corrected chi connectivity index (χ2v) is 4.55. The van der Waals surface area contributed by atoms with E-state index in [9.17, 15) is 10.1 Å². The minimum absolute atomic E-state index is 0.0952. The first kappa shape index (κ1) is 11.7. The van der Waals surface area contributed by atoms with E-state index in [1.807, 2.05) is 7.05 Å². The predicted octanol–water partition coefficient (Wildman–Crippen LogP) is 2.44. The number of nitrogens with one attached hydrogen (secondary N) is 1. The lowest BCUT2D eigenvalue weighted by molar-refractivity contribution is -0.384. The molecule has 0 fully saturated rings. The summed E-state index contributed by atoms with van der Waals surface area (Å²) in [5, 5.41) is 14.6. The van der Waals surface area contributed by atoms with Crippen molar-refractivity contribution in [2.24, 2.45) is 0 Å². The molecule has 0 amide bonds. The van der Waals surface area contributed by atoms with Gasteiger partial charge in [0.15, 0.2) is 0 Å². The first-order valence-electron chi connectivity index (χ1n) is 5.05. The van der Waals surface area contributed by atoms with Crippen LogP contribution in [0.25, 0.3) is 10.6 Å². The molecule has 0 aliphatic carbocycles. The Morgan fingerprint density at radius 3 is 2.94 bits per heavy atom. The largest absolute Gasteiger partial charge is 0.315 e. The van der Waals surface area contributed by atoms with Crippen molar-refractivity contribution in [2.45, 2.75) is 6.54 Å². The minimum Gasteiger partial charge on any atom is -0.315 e. The third-order valence-corrected chi connectivity index (χ3v) is 3.27. The van der Waals surface area contributed by atoms with Crippen molar-refractivity contribution in [3.63, 3.8) is 0 Å². The Kier molecular flexibility index (Phi) is 3.46. The van der Waals surface area contributed by atoms with Crippen molar-refractivity contribution in [3.05, 3.63) is 45.5 Å². The summed E-state index contributed by atoms with van der Waals surface area (Å²) in [4.78, 5) is 15.8. The average molecular weight is 249 g/mol. The Labute approximate surface area is 102 Å². The summed E-state index contributed by atoms with van der Waals surface area (Å²) in [5.41, 5.74) is 0.669. The van der Waals surface area contributed by atoms with Gasteiger partial charge in [-0.05, 0) is 13.1 Å². The van der Waals surface area contributed by atoms with E-state index in [0.717, 1.165) is 11.4 Å². The fourth-order valence-electron chi connectivity index (χ4n) is 1.50. The lowest BCUT2D eigenvalue weighted by atomic mass is 10.2. The van der Waals surface area contributed by atoms with E-state index in [0.29, 0.717) is 10.6 Å². The number of nitro benzene ring substituents is 1. The molecule has 2 rings (SSSR count). The molecule has 1 aromatic heterocycles. The molecule has 0 unspecified atom stereocenters. The van der Waals surface area contributed by atoms with Crippen LogP contribution in [0.2, 0.25) is 0 Å². The Balaban J connectivity index is 2.41. The molecule has 6 heteroatoms. The van der Waals surface area contributed by atoms with E-state index < -0.39 is 0 Å². The van der Waals surface area contributed by atoms with Crippen molar-refractivity contribution in [3.8, 4) is 10.6 Å². The fraction of sp³-hybridized carbons (Fsp3) is 0.182.